The van der Waals surface area contributed by atoms with Gasteiger partial charge < -0.3 is 5.32 Å². The molecule has 2 aromatic carbocycles. The zero-order valence-electron chi connectivity index (χ0n) is 16.3. The van der Waals surface area contributed by atoms with Crippen LogP contribution in [-0.4, -0.2) is 15.0 Å². The van der Waals surface area contributed by atoms with E-state index in [1.807, 2.05) is 19.1 Å². The molecule has 8 heteroatoms. The second-order valence-electron chi connectivity index (χ2n) is 6.99. The Hall–Kier alpha value is -3.52. The van der Waals surface area contributed by atoms with E-state index >= 15 is 0 Å². The largest absolute Gasteiger partial charge is 0.336 e. The number of nitrogens with one attached hydrogen (secondary N) is 1. The lowest BCUT2D eigenvalue weighted by molar-refractivity contribution is -0.116. The molecule has 0 aliphatic carbocycles. The molecule has 0 atom stereocenters. The maximum Gasteiger partial charge on any atom is 0.336 e. The minimum atomic E-state index is -0.653. The number of benzene rings is 2. The van der Waals surface area contributed by atoms with Gasteiger partial charge >= 0.3 is 5.69 Å². The summed E-state index contributed by atoms with van der Waals surface area (Å²) in [6.07, 6.45) is 0. The molecule has 0 aliphatic rings. The number of thiophene rings is 1. The Morgan fingerprint density at radius 2 is 1.80 bits per heavy atom. The first-order chi connectivity index (χ1) is 14.3. The number of fused-ring (bicyclic) bond motifs is 1. The molecule has 0 radical (unpaired) electrons. The van der Waals surface area contributed by atoms with E-state index in [-0.39, 0.29) is 12.2 Å². The molecule has 2 aromatic heterocycles. The van der Waals surface area contributed by atoms with Crippen LogP contribution in [0.3, 0.4) is 0 Å². The third kappa shape index (κ3) is 3.57. The quantitative estimate of drug-likeness (QED) is 0.545. The van der Waals surface area contributed by atoms with Gasteiger partial charge in [-0.1, -0.05) is 17.7 Å². The Balaban J connectivity index is 1.81. The zero-order valence-corrected chi connectivity index (χ0v) is 17.1. The van der Waals surface area contributed by atoms with Crippen LogP contribution in [0.15, 0.2) is 63.5 Å². The lowest BCUT2D eigenvalue weighted by Gasteiger charge is -2.14. The summed E-state index contributed by atoms with van der Waals surface area (Å²) in [6.45, 7) is 3.30. The number of nitrogens with zero attached hydrogens (tertiary/aromatic N) is 2. The van der Waals surface area contributed by atoms with Gasteiger partial charge in [-0.15, -0.1) is 11.3 Å². The van der Waals surface area contributed by atoms with Crippen LogP contribution in [0.5, 0.6) is 0 Å². The molecule has 0 fully saturated rings. The average molecular weight is 423 g/mol. The van der Waals surface area contributed by atoms with Gasteiger partial charge in [-0.2, -0.15) is 0 Å². The number of carbonyl (C=O) groups excluding carboxylic acids is 1. The number of hydrogen-bond acceptors (Lipinski definition) is 4. The normalized spacial score (nSPS) is 11.0. The van der Waals surface area contributed by atoms with Crippen molar-refractivity contribution in [3.05, 3.63) is 91.7 Å². The van der Waals surface area contributed by atoms with Crippen LogP contribution in [-0.2, 0) is 11.3 Å². The van der Waals surface area contributed by atoms with E-state index in [0.29, 0.717) is 21.5 Å². The van der Waals surface area contributed by atoms with Crippen LogP contribution < -0.4 is 16.6 Å². The molecule has 0 saturated heterocycles. The number of aromatic nitrogens is 2. The maximum atomic E-state index is 13.5. The van der Waals surface area contributed by atoms with E-state index in [4.69, 9.17) is 0 Å². The Morgan fingerprint density at radius 3 is 2.50 bits per heavy atom. The first kappa shape index (κ1) is 19.8. The van der Waals surface area contributed by atoms with Gasteiger partial charge in [0.1, 0.15) is 17.1 Å². The third-order valence-corrected chi connectivity index (χ3v) is 5.68. The Morgan fingerprint density at radius 1 is 1.07 bits per heavy atom. The minimum Gasteiger partial charge on any atom is -0.325 e. The molecular weight excluding hydrogens is 405 g/mol. The maximum absolute atomic E-state index is 13.5. The van der Waals surface area contributed by atoms with Crippen LogP contribution in [0.4, 0.5) is 10.1 Å². The molecular formula is C22H18FN3O3S. The number of carbonyl (C=O) groups is 1. The molecule has 1 N–H and O–H groups in total. The van der Waals surface area contributed by atoms with Crippen molar-refractivity contribution >= 4 is 33.1 Å². The lowest BCUT2D eigenvalue weighted by atomic mass is 10.2. The van der Waals surface area contributed by atoms with Crippen molar-refractivity contribution < 1.29 is 9.18 Å². The molecule has 0 saturated carbocycles. The molecule has 1 amide bonds. The highest BCUT2D eigenvalue weighted by atomic mass is 32.1. The summed E-state index contributed by atoms with van der Waals surface area (Å²) in [5, 5.41) is 4.46. The number of hydrogen-bond donors (Lipinski definition) is 1. The highest BCUT2D eigenvalue weighted by Gasteiger charge is 2.18. The summed E-state index contributed by atoms with van der Waals surface area (Å²) in [7, 11) is 0. The number of anilines is 1. The molecule has 6 nitrogen and oxygen atoms in total. The van der Waals surface area contributed by atoms with Gasteiger partial charge in [0.05, 0.1) is 11.2 Å². The highest BCUT2D eigenvalue weighted by molar-refractivity contribution is 7.17. The van der Waals surface area contributed by atoms with Gasteiger partial charge in [0.25, 0.3) is 5.56 Å². The molecule has 4 rings (SSSR count). The van der Waals surface area contributed by atoms with Crippen LogP contribution in [0.1, 0.15) is 11.1 Å². The SMILES string of the molecule is Cc1ccc(NC(=O)Cn2c(=O)n(-c3ccc(F)cc3C)c(=O)c3sccc32)cc1. The second-order valence-corrected chi connectivity index (χ2v) is 7.91. The minimum absolute atomic E-state index is 0.263. The van der Waals surface area contributed by atoms with E-state index < -0.39 is 23.0 Å². The fourth-order valence-electron chi connectivity index (χ4n) is 3.30. The first-order valence-electron chi connectivity index (χ1n) is 9.21. The molecule has 0 unspecified atom stereocenters. The number of amides is 1. The van der Waals surface area contributed by atoms with Crippen molar-refractivity contribution in [1.29, 1.82) is 0 Å². The number of halogens is 1. The second kappa shape index (κ2) is 7.72. The Kier molecular flexibility index (Phi) is 5.09. The summed E-state index contributed by atoms with van der Waals surface area (Å²) in [5.74, 6) is -0.853. The van der Waals surface area contributed by atoms with Gasteiger partial charge in [-0.25, -0.2) is 13.8 Å². The van der Waals surface area contributed by atoms with Gasteiger partial charge in [-0.05, 0) is 61.2 Å². The van der Waals surface area contributed by atoms with Gasteiger partial charge in [0.2, 0.25) is 5.91 Å². The predicted octanol–water partition coefficient (Wildman–Crippen LogP) is 3.61. The molecule has 152 valence electrons. The fraction of sp³-hybridized carbons (Fsp3) is 0.136. The standard InChI is InChI=1S/C22H18FN3O3S/c1-13-3-6-16(7-4-13)24-19(27)12-25-18-9-10-30-20(18)21(28)26(22(25)29)17-8-5-15(23)11-14(17)2/h3-11H,12H2,1-2H3,(H,24,27). The summed E-state index contributed by atoms with van der Waals surface area (Å²) >= 11 is 1.19. The lowest BCUT2D eigenvalue weighted by Crippen LogP contribution is -2.40. The third-order valence-electron chi connectivity index (χ3n) is 4.79. The van der Waals surface area contributed by atoms with E-state index in [2.05, 4.69) is 5.32 Å². The first-order valence-corrected chi connectivity index (χ1v) is 10.1. The van der Waals surface area contributed by atoms with Crippen molar-refractivity contribution in [2.24, 2.45) is 0 Å². The van der Waals surface area contributed by atoms with E-state index in [1.54, 1.807) is 30.5 Å². The van der Waals surface area contributed by atoms with Crippen LogP contribution in [0, 0.1) is 19.7 Å². The predicted molar refractivity (Wildman–Crippen MR) is 116 cm³/mol. The fourth-order valence-corrected chi connectivity index (χ4v) is 4.13. The molecule has 30 heavy (non-hydrogen) atoms. The average Bonchev–Trinajstić information content (AvgIpc) is 3.19. The van der Waals surface area contributed by atoms with Crippen LogP contribution in [0.25, 0.3) is 15.9 Å². The molecule has 4 aromatic rings. The van der Waals surface area contributed by atoms with Gasteiger partial charge in [0, 0.05) is 5.69 Å². The van der Waals surface area contributed by atoms with E-state index in [0.717, 1.165) is 10.1 Å². The number of aryl methyl sites for hydroxylation is 2. The van der Waals surface area contributed by atoms with Crippen molar-refractivity contribution in [3.8, 4) is 5.69 Å². The van der Waals surface area contributed by atoms with E-state index in [1.165, 1.54) is 34.1 Å². The summed E-state index contributed by atoms with van der Waals surface area (Å²) < 4.78 is 16.1. The Labute approximate surface area is 174 Å². The zero-order chi connectivity index (χ0) is 21.4. The monoisotopic (exact) mass is 423 g/mol. The summed E-state index contributed by atoms with van der Waals surface area (Å²) in [4.78, 5) is 38.8. The highest BCUT2D eigenvalue weighted by Crippen LogP contribution is 2.18. The van der Waals surface area contributed by atoms with Crippen LogP contribution in [0.2, 0.25) is 0 Å². The van der Waals surface area contributed by atoms with Crippen LogP contribution >= 0.6 is 11.3 Å². The molecule has 0 spiro atoms. The summed E-state index contributed by atoms with van der Waals surface area (Å²) in [6, 6.07) is 12.8. The van der Waals surface area contributed by atoms with Crippen molar-refractivity contribution in [1.82, 2.24) is 9.13 Å². The van der Waals surface area contributed by atoms with Crippen molar-refractivity contribution in [3.63, 3.8) is 0 Å². The van der Waals surface area contributed by atoms with Crippen molar-refractivity contribution in [2.75, 3.05) is 5.32 Å². The van der Waals surface area contributed by atoms with Gasteiger partial charge in [-0.3, -0.25) is 14.2 Å². The molecule has 0 aliphatic heterocycles. The smallest absolute Gasteiger partial charge is 0.325 e. The summed E-state index contributed by atoms with van der Waals surface area (Å²) in [5.41, 5.74) is 1.66. The molecule has 0 bridgehead atoms. The number of rotatable bonds is 4. The van der Waals surface area contributed by atoms with Gasteiger partial charge in [0.15, 0.2) is 0 Å². The Bertz CT molecular complexity index is 1380. The topological polar surface area (TPSA) is 73.1 Å². The molecule has 2 heterocycles. The van der Waals surface area contributed by atoms with E-state index in [9.17, 15) is 18.8 Å². The van der Waals surface area contributed by atoms with Crippen molar-refractivity contribution in [2.45, 2.75) is 20.4 Å².